The molecular formula is C26H24FN3O2. The van der Waals surface area contributed by atoms with Gasteiger partial charge >= 0.3 is 0 Å². The number of halogens is 1. The first-order chi connectivity index (χ1) is 15.7. The van der Waals surface area contributed by atoms with Gasteiger partial charge in [-0.1, -0.05) is 49.2 Å². The Hall–Kier alpha value is -3.54. The zero-order chi connectivity index (χ0) is 21.9. The lowest BCUT2D eigenvalue weighted by molar-refractivity contribution is -0.120. The highest BCUT2D eigenvalue weighted by molar-refractivity contribution is 5.86. The van der Waals surface area contributed by atoms with E-state index in [1.54, 1.807) is 22.8 Å². The van der Waals surface area contributed by atoms with E-state index in [0.29, 0.717) is 23.7 Å². The third-order valence-electron chi connectivity index (χ3n) is 6.03. The fourth-order valence-electron chi connectivity index (χ4n) is 4.31. The highest BCUT2D eigenvalue weighted by Crippen LogP contribution is 2.31. The van der Waals surface area contributed by atoms with Crippen molar-refractivity contribution in [3.05, 3.63) is 83.8 Å². The fraction of sp³-hybridized carbons (Fsp3) is 0.269. The number of aromatic nitrogens is 3. The van der Waals surface area contributed by atoms with Crippen molar-refractivity contribution in [3.8, 4) is 17.1 Å². The summed E-state index contributed by atoms with van der Waals surface area (Å²) in [7, 11) is 0. The maximum atomic E-state index is 13.4. The first kappa shape index (κ1) is 20.4. The Balaban J connectivity index is 1.38. The van der Waals surface area contributed by atoms with Gasteiger partial charge in [-0.15, -0.1) is 5.10 Å². The standard InChI is InChI=1S/C26H24FN3O2/c27-21-6-4-5-18(15-21)17-32-26-14-13-25-28-16-23(30(25)29-26)20-11-9-19(10-12-20)22-7-2-1-3-8-24(22)31/h4-6,9-16,22H,1-3,7-8,17H2. The summed E-state index contributed by atoms with van der Waals surface area (Å²) in [6.45, 7) is 0.227. The third kappa shape index (κ3) is 4.26. The van der Waals surface area contributed by atoms with E-state index in [4.69, 9.17) is 4.74 Å². The Labute approximate surface area is 185 Å². The van der Waals surface area contributed by atoms with Crippen LogP contribution in [0.15, 0.2) is 66.9 Å². The normalized spacial score (nSPS) is 16.8. The number of hydrogen-bond donors (Lipinski definition) is 0. The molecule has 0 amide bonds. The maximum absolute atomic E-state index is 13.4. The fourth-order valence-corrected chi connectivity index (χ4v) is 4.31. The number of fused-ring (bicyclic) bond motifs is 1. The first-order valence-corrected chi connectivity index (χ1v) is 11.0. The summed E-state index contributed by atoms with van der Waals surface area (Å²) < 4.78 is 20.9. The van der Waals surface area contributed by atoms with Gasteiger partial charge in [-0.25, -0.2) is 13.9 Å². The number of benzene rings is 2. The van der Waals surface area contributed by atoms with Gasteiger partial charge in [-0.05, 0) is 42.2 Å². The number of rotatable bonds is 5. The minimum absolute atomic E-state index is 0.00897. The van der Waals surface area contributed by atoms with Gasteiger partial charge in [0.25, 0.3) is 0 Å². The summed E-state index contributed by atoms with van der Waals surface area (Å²) in [5.41, 5.74) is 4.34. The van der Waals surface area contributed by atoms with E-state index in [-0.39, 0.29) is 18.3 Å². The Kier molecular flexibility index (Phi) is 5.67. The predicted molar refractivity (Wildman–Crippen MR) is 120 cm³/mol. The molecule has 1 aliphatic rings. The average Bonchev–Trinajstić information content (AvgIpc) is 3.11. The van der Waals surface area contributed by atoms with Crippen molar-refractivity contribution in [1.82, 2.24) is 14.6 Å². The van der Waals surface area contributed by atoms with Crippen LogP contribution in [-0.2, 0) is 11.4 Å². The summed E-state index contributed by atoms with van der Waals surface area (Å²) in [4.78, 5) is 16.9. The number of hydrogen-bond acceptors (Lipinski definition) is 4. The summed E-state index contributed by atoms with van der Waals surface area (Å²) in [5, 5.41) is 4.57. The molecule has 0 saturated heterocycles. The third-order valence-corrected chi connectivity index (χ3v) is 6.03. The minimum Gasteiger partial charge on any atom is -0.472 e. The van der Waals surface area contributed by atoms with Gasteiger partial charge in [0.05, 0.1) is 11.9 Å². The number of carbonyl (C=O) groups excluding carboxylic acids is 1. The molecule has 6 heteroatoms. The second kappa shape index (κ2) is 8.91. The van der Waals surface area contributed by atoms with E-state index in [1.807, 2.05) is 36.4 Å². The smallest absolute Gasteiger partial charge is 0.232 e. The van der Waals surface area contributed by atoms with Crippen LogP contribution < -0.4 is 4.74 Å². The molecule has 1 fully saturated rings. The van der Waals surface area contributed by atoms with Crippen LogP contribution in [0.1, 0.15) is 49.1 Å². The number of carbonyl (C=O) groups is 1. The zero-order valence-corrected chi connectivity index (χ0v) is 17.7. The number of ketones is 1. The predicted octanol–water partition coefficient (Wildman–Crippen LogP) is 5.73. The highest BCUT2D eigenvalue weighted by Gasteiger charge is 2.22. The molecule has 2 aromatic carbocycles. The molecule has 4 aromatic rings. The van der Waals surface area contributed by atoms with Crippen molar-refractivity contribution in [2.75, 3.05) is 0 Å². The molecule has 0 radical (unpaired) electrons. The van der Waals surface area contributed by atoms with E-state index in [2.05, 4.69) is 10.1 Å². The zero-order valence-electron chi connectivity index (χ0n) is 17.7. The SMILES string of the molecule is O=C1CCCCCC1c1ccc(-c2cnc3ccc(OCc4cccc(F)c4)nn23)cc1. The molecule has 1 atom stereocenters. The lowest BCUT2D eigenvalue weighted by Crippen LogP contribution is -2.10. The monoisotopic (exact) mass is 429 g/mol. The van der Waals surface area contributed by atoms with Crippen LogP contribution in [0.5, 0.6) is 5.88 Å². The van der Waals surface area contributed by atoms with Crippen molar-refractivity contribution in [2.24, 2.45) is 0 Å². The summed E-state index contributed by atoms with van der Waals surface area (Å²) in [6, 6.07) is 18.1. The lowest BCUT2D eigenvalue weighted by atomic mass is 9.90. The Morgan fingerprint density at radius 1 is 1.03 bits per heavy atom. The number of ether oxygens (including phenoxy) is 1. The summed E-state index contributed by atoms with van der Waals surface area (Å²) in [5.74, 6) is 0.503. The molecule has 162 valence electrons. The van der Waals surface area contributed by atoms with E-state index in [1.165, 1.54) is 12.1 Å². The van der Waals surface area contributed by atoms with Crippen molar-refractivity contribution >= 4 is 11.4 Å². The minimum atomic E-state index is -0.291. The Morgan fingerprint density at radius 3 is 2.75 bits per heavy atom. The average molecular weight is 429 g/mol. The number of nitrogens with zero attached hydrogens (tertiary/aromatic N) is 3. The van der Waals surface area contributed by atoms with E-state index >= 15 is 0 Å². The van der Waals surface area contributed by atoms with Gasteiger partial charge in [-0.3, -0.25) is 4.79 Å². The van der Waals surface area contributed by atoms with Crippen LogP contribution in [-0.4, -0.2) is 20.4 Å². The van der Waals surface area contributed by atoms with Gasteiger partial charge in [0.1, 0.15) is 18.2 Å². The summed E-state index contributed by atoms with van der Waals surface area (Å²) in [6.07, 6.45) is 6.64. The van der Waals surface area contributed by atoms with Gasteiger partial charge in [0.2, 0.25) is 5.88 Å². The molecule has 32 heavy (non-hydrogen) atoms. The molecule has 0 bridgehead atoms. The van der Waals surface area contributed by atoms with E-state index in [0.717, 1.165) is 48.1 Å². The molecular weight excluding hydrogens is 405 g/mol. The molecule has 0 aliphatic heterocycles. The van der Waals surface area contributed by atoms with Crippen LogP contribution >= 0.6 is 0 Å². The molecule has 2 heterocycles. The van der Waals surface area contributed by atoms with Gasteiger partial charge in [0, 0.05) is 24.0 Å². The topological polar surface area (TPSA) is 56.5 Å². The molecule has 0 spiro atoms. The van der Waals surface area contributed by atoms with Gasteiger partial charge < -0.3 is 4.74 Å². The Morgan fingerprint density at radius 2 is 1.91 bits per heavy atom. The van der Waals surface area contributed by atoms with Crippen LogP contribution in [0.25, 0.3) is 16.9 Å². The molecule has 0 N–H and O–H groups in total. The Bertz CT molecular complexity index is 1250. The van der Waals surface area contributed by atoms with Crippen molar-refractivity contribution in [2.45, 2.75) is 44.6 Å². The molecule has 5 rings (SSSR count). The molecule has 1 aliphatic carbocycles. The molecule has 2 aromatic heterocycles. The van der Waals surface area contributed by atoms with Gasteiger partial charge in [0.15, 0.2) is 5.65 Å². The first-order valence-electron chi connectivity index (χ1n) is 11.0. The van der Waals surface area contributed by atoms with Crippen LogP contribution in [0.3, 0.4) is 0 Å². The number of imidazole rings is 1. The van der Waals surface area contributed by atoms with E-state index < -0.39 is 0 Å². The second-order valence-corrected chi connectivity index (χ2v) is 8.24. The van der Waals surface area contributed by atoms with Crippen molar-refractivity contribution in [1.29, 1.82) is 0 Å². The molecule has 1 unspecified atom stereocenters. The van der Waals surface area contributed by atoms with Crippen LogP contribution in [0.4, 0.5) is 4.39 Å². The maximum Gasteiger partial charge on any atom is 0.232 e. The quantitative estimate of drug-likeness (QED) is 0.380. The molecule has 1 saturated carbocycles. The van der Waals surface area contributed by atoms with Crippen LogP contribution in [0.2, 0.25) is 0 Å². The van der Waals surface area contributed by atoms with Gasteiger partial charge in [-0.2, -0.15) is 0 Å². The molecule has 5 nitrogen and oxygen atoms in total. The van der Waals surface area contributed by atoms with E-state index in [9.17, 15) is 9.18 Å². The summed E-state index contributed by atoms with van der Waals surface area (Å²) >= 11 is 0. The largest absolute Gasteiger partial charge is 0.472 e. The second-order valence-electron chi connectivity index (χ2n) is 8.24. The van der Waals surface area contributed by atoms with Crippen molar-refractivity contribution in [3.63, 3.8) is 0 Å². The van der Waals surface area contributed by atoms with Crippen molar-refractivity contribution < 1.29 is 13.9 Å². The van der Waals surface area contributed by atoms with Crippen LogP contribution in [0, 0.1) is 5.82 Å². The number of Topliss-reactive ketones (excluding diaryl/α,β-unsaturated/α-hetero) is 1. The lowest BCUT2D eigenvalue weighted by Gasteiger charge is -2.14. The highest BCUT2D eigenvalue weighted by atomic mass is 19.1.